The van der Waals surface area contributed by atoms with E-state index in [0.717, 1.165) is 36.2 Å². The van der Waals surface area contributed by atoms with Gasteiger partial charge in [0.15, 0.2) is 0 Å². The van der Waals surface area contributed by atoms with Gasteiger partial charge in [-0.1, -0.05) is 17.7 Å². The topological polar surface area (TPSA) is 105 Å². The first-order chi connectivity index (χ1) is 14.3. The number of aryl methyl sites for hydroxylation is 1. The Kier molecular flexibility index (Phi) is 5.81. The van der Waals surface area contributed by atoms with Crippen LogP contribution in [0.5, 0.6) is 0 Å². The van der Waals surface area contributed by atoms with E-state index in [0.29, 0.717) is 29.4 Å². The second kappa shape index (κ2) is 8.37. The number of anilines is 1. The van der Waals surface area contributed by atoms with Crippen molar-refractivity contribution in [2.45, 2.75) is 30.4 Å². The predicted molar refractivity (Wildman–Crippen MR) is 114 cm³/mol. The van der Waals surface area contributed by atoms with Gasteiger partial charge in [-0.2, -0.15) is 0 Å². The first-order valence-electron chi connectivity index (χ1n) is 9.34. The number of benzene rings is 1. The number of hydrogen-bond acceptors (Lipinski definition) is 7. The van der Waals surface area contributed by atoms with Crippen molar-refractivity contribution in [1.29, 1.82) is 0 Å². The SMILES string of the molecule is Cc1ccc(NS(=O)(=O)c2cc(-c3nnc(C(=O)N4CCCCC4)o3)cs2)cc1Cl. The van der Waals surface area contributed by atoms with Crippen molar-refractivity contribution >= 4 is 44.6 Å². The fourth-order valence-corrected chi connectivity index (χ4v) is 5.47. The molecular formula is C19H19ClN4O4S2. The Morgan fingerprint density at radius 3 is 2.70 bits per heavy atom. The average Bonchev–Trinajstić information content (AvgIpc) is 3.40. The molecule has 0 aliphatic carbocycles. The highest BCUT2D eigenvalue weighted by Crippen LogP contribution is 2.30. The number of aromatic nitrogens is 2. The summed E-state index contributed by atoms with van der Waals surface area (Å²) in [4.78, 5) is 14.2. The molecule has 158 valence electrons. The van der Waals surface area contributed by atoms with Crippen LogP contribution in [0.4, 0.5) is 5.69 Å². The van der Waals surface area contributed by atoms with Crippen LogP contribution in [0, 0.1) is 6.92 Å². The second-order valence-corrected chi connectivity index (χ2v) is 10.2. The van der Waals surface area contributed by atoms with Gasteiger partial charge in [0.05, 0.1) is 11.3 Å². The summed E-state index contributed by atoms with van der Waals surface area (Å²) < 4.78 is 33.5. The maximum atomic E-state index is 12.7. The summed E-state index contributed by atoms with van der Waals surface area (Å²) in [6.07, 6.45) is 3.02. The van der Waals surface area contributed by atoms with E-state index < -0.39 is 10.0 Å². The number of amides is 1. The summed E-state index contributed by atoms with van der Waals surface area (Å²) >= 11 is 7.08. The number of rotatable bonds is 5. The maximum absolute atomic E-state index is 12.7. The third-order valence-corrected chi connectivity index (χ3v) is 7.99. The Hall–Kier alpha value is -2.43. The molecule has 4 rings (SSSR count). The number of likely N-dealkylation sites (tertiary alicyclic amines) is 1. The molecule has 1 amide bonds. The molecule has 3 heterocycles. The zero-order valence-corrected chi connectivity index (χ0v) is 18.5. The van der Waals surface area contributed by atoms with Crippen LogP contribution in [0.3, 0.4) is 0 Å². The van der Waals surface area contributed by atoms with Gasteiger partial charge in [0.1, 0.15) is 4.21 Å². The van der Waals surface area contributed by atoms with Gasteiger partial charge in [0.25, 0.3) is 10.0 Å². The molecule has 30 heavy (non-hydrogen) atoms. The summed E-state index contributed by atoms with van der Waals surface area (Å²) in [7, 11) is -3.81. The highest BCUT2D eigenvalue weighted by molar-refractivity contribution is 7.94. The van der Waals surface area contributed by atoms with Crippen molar-refractivity contribution in [3.63, 3.8) is 0 Å². The van der Waals surface area contributed by atoms with Crippen LogP contribution in [0.1, 0.15) is 35.5 Å². The van der Waals surface area contributed by atoms with Crippen molar-refractivity contribution in [3.8, 4) is 11.5 Å². The Labute approximate surface area is 182 Å². The maximum Gasteiger partial charge on any atom is 0.311 e. The highest BCUT2D eigenvalue weighted by atomic mass is 35.5. The Morgan fingerprint density at radius 1 is 1.20 bits per heavy atom. The molecule has 1 aromatic carbocycles. The number of thiophene rings is 1. The summed E-state index contributed by atoms with van der Waals surface area (Å²) in [5, 5.41) is 9.82. The Morgan fingerprint density at radius 2 is 1.97 bits per heavy atom. The molecule has 3 aromatic rings. The Bertz CT molecular complexity index is 1180. The minimum atomic E-state index is -3.81. The summed E-state index contributed by atoms with van der Waals surface area (Å²) in [5.74, 6) is -0.282. The van der Waals surface area contributed by atoms with Crippen molar-refractivity contribution in [2.24, 2.45) is 0 Å². The van der Waals surface area contributed by atoms with Crippen LogP contribution in [0.2, 0.25) is 5.02 Å². The number of hydrogen-bond donors (Lipinski definition) is 1. The van der Waals surface area contributed by atoms with Gasteiger partial charge in [-0.3, -0.25) is 9.52 Å². The van der Waals surface area contributed by atoms with Gasteiger partial charge in [-0.25, -0.2) is 8.42 Å². The van der Waals surface area contributed by atoms with Crippen LogP contribution in [0.25, 0.3) is 11.5 Å². The molecule has 0 saturated carbocycles. The molecule has 0 unspecified atom stereocenters. The Balaban J connectivity index is 1.51. The van der Waals surface area contributed by atoms with Gasteiger partial charge >= 0.3 is 11.8 Å². The molecule has 11 heteroatoms. The second-order valence-electron chi connectivity index (χ2n) is 6.99. The number of halogens is 1. The molecule has 1 fully saturated rings. The standard InChI is InChI=1S/C19H19ClN4O4S2/c1-12-5-6-14(10-15(12)20)23-30(26,27)16-9-13(11-29-16)17-21-22-18(28-17)19(25)24-7-3-2-4-8-24/h5-6,9-11,23H,2-4,7-8H2,1H3. The lowest BCUT2D eigenvalue weighted by Crippen LogP contribution is -2.35. The van der Waals surface area contributed by atoms with Gasteiger partial charge in [-0.15, -0.1) is 21.5 Å². The third-order valence-electron chi connectivity index (χ3n) is 4.76. The van der Waals surface area contributed by atoms with E-state index in [-0.39, 0.29) is 21.9 Å². The molecule has 0 bridgehead atoms. The molecule has 1 N–H and O–H groups in total. The number of carbonyl (C=O) groups is 1. The third kappa shape index (κ3) is 4.35. The monoisotopic (exact) mass is 466 g/mol. The van der Waals surface area contributed by atoms with E-state index in [1.807, 2.05) is 6.92 Å². The fraction of sp³-hybridized carbons (Fsp3) is 0.316. The molecule has 8 nitrogen and oxygen atoms in total. The number of piperidine rings is 1. The predicted octanol–water partition coefficient (Wildman–Crippen LogP) is 4.19. The van der Waals surface area contributed by atoms with Crippen LogP contribution in [-0.2, 0) is 10.0 Å². The fourth-order valence-electron chi connectivity index (χ4n) is 3.09. The highest BCUT2D eigenvalue weighted by Gasteiger charge is 2.25. The number of nitrogens with one attached hydrogen (secondary N) is 1. The summed E-state index contributed by atoms with van der Waals surface area (Å²) in [5.41, 5.74) is 1.66. The van der Waals surface area contributed by atoms with E-state index in [4.69, 9.17) is 16.0 Å². The van der Waals surface area contributed by atoms with E-state index in [1.54, 1.807) is 28.5 Å². The number of sulfonamides is 1. The summed E-state index contributed by atoms with van der Waals surface area (Å²) in [6, 6.07) is 6.37. The molecule has 1 aliphatic heterocycles. The summed E-state index contributed by atoms with van der Waals surface area (Å²) in [6.45, 7) is 3.18. The lowest BCUT2D eigenvalue weighted by Gasteiger charge is -2.24. The molecule has 1 aliphatic rings. The number of carbonyl (C=O) groups excluding carboxylic acids is 1. The zero-order chi connectivity index (χ0) is 21.3. The van der Waals surface area contributed by atoms with Crippen LogP contribution >= 0.6 is 22.9 Å². The normalized spacial score (nSPS) is 14.7. The van der Waals surface area contributed by atoms with Crippen molar-refractivity contribution in [3.05, 3.63) is 46.1 Å². The lowest BCUT2D eigenvalue weighted by molar-refractivity contribution is 0.0684. The zero-order valence-electron chi connectivity index (χ0n) is 16.1. The molecule has 0 atom stereocenters. The molecule has 1 saturated heterocycles. The van der Waals surface area contributed by atoms with Gasteiger partial charge in [0, 0.05) is 23.5 Å². The van der Waals surface area contributed by atoms with Gasteiger partial charge < -0.3 is 9.32 Å². The quantitative estimate of drug-likeness (QED) is 0.604. The van der Waals surface area contributed by atoms with E-state index >= 15 is 0 Å². The largest absolute Gasteiger partial charge is 0.412 e. The first-order valence-corrected chi connectivity index (χ1v) is 12.1. The van der Waals surface area contributed by atoms with Crippen LogP contribution in [-0.4, -0.2) is 42.5 Å². The van der Waals surface area contributed by atoms with Crippen LogP contribution in [0.15, 0.2) is 38.3 Å². The molecular weight excluding hydrogens is 448 g/mol. The average molecular weight is 467 g/mol. The number of nitrogens with zero attached hydrogens (tertiary/aromatic N) is 3. The van der Waals surface area contributed by atoms with Gasteiger partial charge in [0.2, 0.25) is 5.89 Å². The first kappa shape index (κ1) is 20.8. The molecule has 0 spiro atoms. The van der Waals surface area contributed by atoms with Gasteiger partial charge in [-0.05, 0) is 49.9 Å². The lowest BCUT2D eigenvalue weighted by atomic mass is 10.1. The minimum absolute atomic E-state index is 0.0799. The van der Waals surface area contributed by atoms with Crippen LogP contribution < -0.4 is 4.72 Å². The van der Waals surface area contributed by atoms with Crippen molar-refractivity contribution in [2.75, 3.05) is 17.8 Å². The van der Waals surface area contributed by atoms with Crippen molar-refractivity contribution in [1.82, 2.24) is 15.1 Å². The minimum Gasteiger partial charge on any atom is -0.412 e. The molecule has 2 aromatic heterocycles. The van der Waals surface area contributed by atoms with E-state index in [1.165, 1.54) is 6.07 Å². The smallest absolute Gasteiger partial charge is 0.311 e. The van der Waals surface area contributed by atoms with E-state index in [2.05, 4.69) is 14.9 Å². The molecule has 0 radical (unpaired) electrons. The van der Waals surface area contributed by atoms with Crippen molar-refractivity contribution < 1.29 is 17.6 Å². The van der Waals surface area contributed by atoms with E-state index in [9.17, 15) is 13.2 Å².